The molecule has 7 heteroatoms. The van der Waals surface area contributed by atoms with E-state index in [1.54, 1.807) is 36.0 Å². The topological polar surface area (TPSA) is 93.9 Å². The number of nitriles is 1. The van der Waals surface area contributed by atoms with Gasteiger partial charge in [-0.3, -0.25) is 4.68 Å². The van der Waals surface area contributed by atoms with E-state index < -0.39 is 6.09 Å². The first-order valence-corrected chi connectivity index (χ1v) is 6.57. The van der Waals surface area contributed by atoms with Gasteiger partial charge in [0.1, 0.15) is 12.2 Å². The predicted molar refractivity (Wildman–Crippen MR) is 77.5 cm³/mol. The maximum Gasteiger partial charge on any atom is 0.404 e. The zero-order valence-electron chi connectivity index (χ0n) is 11.3. The second-order valence-corrected chi connectivity index (χ2v) is 4.88. The first-order chi connectivity index (χ1) is 9.99. The van der Waals surface area contributed by atoms with Crippen molar-refractivity contribution in [3.8, 4) is 17.3 Å². The van der Waals surface area contributed by atoms with Gasteiger partial charge >= 0.3 is 6.09 Å². The van der Waals surface area contributed by atoms with Gasteiger partial charge in [0.25, 0.3) is 0 Å². The van der Waals surface area contributed by atoms with Gasteiger partial charge in [-0.25, -0.2) is 4.79 Å². The van der Waals surface area contributed by atoms with Gasteiger partial charge in [0.2, 0.25) is 0 Å². The zero-order valence-corrected chi connectivity index (χ0v) is 12.0. The second kappa shape index (κ2) is 6.29. The fourth-order valence-corrected chi connectivity index (χ4v) is 2.10. The Morgan fingerprint density at radius 2 is 2.33 bits per heavy atom. The summed E-state index contributed by atoms with van der Waals surface area (Å²) in [5, 5.41) is 13.6. The first-order valence-electron chi connectivity index (χ1n) is 6.19. The number of rotatable bonds is 4. The van der Waals surface area contributed by atoms with Crippen LogP contribution in [0.2, 0.25) is 5.02 Å². The largest absolute Gasteiger partial charge is 0.445 e. The number of nitrogens with two attached hydrogens (primary N) is 1. The highest BCUT2D eigenvalue weighted by atomic mass is 35.5. The predicted octanol–water partition coefficient (Wildman–Crippen LogP) is 2.56. The number of carbonyl (C=O) groups is 1. The molecule has 21 heavy (non-hydrogen) atoms. The lowest BCUT2D eigenvalue weighted by Gasteiger charge is -2.10. The summed E-state index contributed by atoms with van der Waals surface area (Å²) in [6.07, 6.45) is 0.580. The van der Waals surface area contributed by atoms with Gasteiger partial charge in [0.05, 0.1) is 22.8 Å². The van der Waals surface area contributed by atoms with Crippen LogP contribution < -0.4 is 5.73 Å². The molecule has 2 rings (SSSR count). The Kier molecular flexibility index (Phi) is 4.45. The number of carbonyl (C=O) groups excluding carboxylic acids is 1. The molecule has 108 valence electrons. The van der Waals surface area contributed by atoms with Crippen molar-refractivity contribution in [3.05, 3.63) is 41.0 Å². The van der Waals surface area contributed by atoms with E-state index in [4.69, 9.17) is 27.3 Å². The smallest absolute Gasteiger partial charge is 0.404 e. The molecular weight excluding hydrogens is 292 g/mol. The van der Waals surface area contributed by atoms with E-state index in [1.165, 1.54) is 0 Å². The van der Waals surface area contributed by atoms with Crippen LogP contribution in [0.1, 0.15) is 12.5 Å². The minimum absolute atomic E-state index is 0.375. The van der Waals surface area contributed by atoms with E-state index in [2.05, 4.69) is 5.10 Å². The Bertz CT molecular complexity index is 705. The molecule has 0 aliphatic heterocycles. The standard InChI is InChI=1S/C14H13ClN4O2/c1-9(21-14(17)20)8-19-5-4-13(18-19)10-2-3-11(7-16)12(15)6-10/h2-6,9H,8H2,1H3,(H2,17,20)/t9-/m1/s1. The lowest BCUT2D eigenvalue weighted by atomic mass is 10.1. The van der Waals surface area contributed by atoms with Crippen molar-refractivity contribution in [2.45, 2.75) is 19.6 Å². The van der Waals surface area contributed by atoms with Crippen LogP contribution in [0.3, 0.4) is 0 Å². The molecule has 0 saturated heterocycles. The molecule has 1 heterocycles. The van der Waals surface area contributed by atoms with Gasteiger partial charge < -0.3 is 10.5 Å². The number of benzene rings is 1. The quantitative estimate of drug-likeness (QED) is 0.939. The molecule has 0 radical (unpaired) electrons. The minimum atomic E-state index is -0.811. The van der Waals surface area contributed by atoms with Gasteiger partial charge in [-0.05, 0) is 25.1 Å². The molecule has 2 N–H and O–H groups in total. The molecule has 0 saturated carbocycles. The average Bonchev–Trinajstić information content (AvgIpc) is 2.86. The summed E-state index contributed by atoms with van der Waals surface area (Å²) >= 11 is 6.00. The van der Waals surface area contributed by atoms with Crippen LogP contribution in [-0.2, 0) is 11.3 Å². The number of halogens is 1. The Morgan fingerprint density at radius 1 is 1.57 bits per heavy atom. The summed E-state index contributed by atoms with van der Waals surface area (Å²) < 4.78 is 6.49. The fourth-order valence-electron chi connectivity index (χ4n) is 1.88. The van der Waals surface area contributed by atoms with Crippen molar-refractivity contribution in [3.63, 3.8) is 0 Å². The Labute approximate surface area is 126 Å². The van der Waals surface area contributed by atoms with Gasteiger partial charge in [0, 0.05) is 11.8 Å². The summed E-state index contributed by atoms with van der Waals surface area (Å²) in [7, 11) is 0. The van der Waals surface area contributed by atoms with Crippen molar-refractivity contribution >= 4 is 17.7 Å². The van der Waals surface area contributed by atoms with Crippen molar-refractivity contribution in [2.75, 3.05) is 0 Å². The molecule has 1 amide bonds. The summed E-state index contributed by atoms with van der Waals surface area (Å²) in [6.45, 7) is 2.12. The lowest BCUT2D eigenvalue weighted by Crippen LogP contribution is -2.24. The zero-order chi connectivity index (χ0) is 15.4. The molecule has 0 unspecified atom stereocenters. The highest BCUT2D eigenvalue weighted by Crippen LogP contribution is 2.24. The third-order valence-corrected chi connectivity index (χ3v) is 3.10. The molecule has 1 atom stereocenters. The molecule has 2 aromatic rings. The third kappa shape index (κ3) is 3.74. The van der Waals surface area contributed by atoms with Crippen LogP contribution in [0, 0.1) is 11.3 Å². The molecule has 6 nitrogen and oxygen atoms in total. The summed E-state index contributed by atoms with van der Waals surface area (Å²) in [5.74, 6) is 0. The van der Waals surface area contributed by atoms with Crippen LogP contribution in [0.25, 0.3) is 11.3 Å². The minimum Gasteiger partial charge on any atom is -0.445 e. The number of ether oxygens (including phenoxy) is 1. The number of hydrogen-bond acceptors (Lipinski definition) is 4. The van der Waals surface area contributed by atoms with E-state index in [0.717, 1.165) is 5.56 Å². The molecule has 1 aromatic carbocycles. The number of primary amides is 1. The van der Waals surface area contributed by atoms with Gasteiger partial charge in [-0.1, -0.05) is 17.7 Å². The number of nitrogens with zero attached hydrogens (tertiary/aromatic N) is 3. The molecule has 0 aliphatic rings. The van der Waals surface area contributed by atoms with Crippen LogP contribution in [0.15, 0.2) is 30.5 Å². The Hall–Kier alpha value is -2.52. The third-order valence-electron chi connectivity index (χ3n) is 2.79. The summed E-state index contributed by atoms with van der Waals surface area (Å²) in [5.41, 5.74) is 6.90. The Balaban J connectivity index is 2.15. The molecule has 0 spiro atoms. The summed E-state index contributed by atoms with van der Waals surface area (Å²) in [4.78, 5) is 10.7. The highest BCUT2D eigenvalue weighted by molar-refractivity contribution is 6.32. The van der Waals surface area contributed by atoms with Crippen molar-refractivity contribution < 1.29 is 9.53 Å². The van der Waals surface area contributed by atoms with Gasteiger partial charge in [-0.2, -0.15) is 10.4 Å². The van der Waals surface area contributed by atoms with Gasteiger partial charge in [0.15, 0.2) is 0 Å². The van der Waals surface area contributed by atoms with Crippen molar-refractivity contribution in [1.29, 1.82) is 5.26 Å². The maximum absolute atomic E-state index is 10.7. The van der Waals surface area contributed by atoms with Gasteiger partial charge in [-0.15, -0.1) is 0 Å². The molecule has 0 aliphatic carbocycles. The van der Waals surface area contributed by atoms with E-state index >= 15 is 0 Å². The fraction of sp³-hybridized carbons (Fsp3) is 0.214. The van der Waals surface area contributed by atoms with Crippen molar-refractivity contribution in [1.82, 2.24) is 9.78 Å². The molecular formula is C14H13ClN4O2. The van der Waals surface area contributed by atoms with E-state index in [-0.39, 0.29) is 6.10 Å². The van der Waals surface area contributed by atoms with Crippen LogP contribution >= 0.6 is 11.6 Å². The monoisotopic (exact) mass is 304 g/mol. The molecule has 0 fully saturated rings. The second-order valence-electron chi connectivity index (χ2n) is 4.48. The number of amides is 1. The van der Waals surface area contributed by atoms with E-state index in [0.29, 0.717) is 22.8 Å². The first kappa shape index (κ1) is 14.9. The summed E-state index contributed by atoms with van der Waals surface area (Å²) in [6, 6.07) is 8.94. The number of aromatic nitrogens is 2. The van der Waals surface area contributed by atoms with Crippen molar-refractivity contribution in [2.24, 2.45) is 5.73 Å². The average molecular weight is 305 g/mol. The van der Waals surface area contributed by atoms with Crippen LogP contribution in [0.4, 0.5) is 4.79 Å². The maximum atomic E-state index is 10.7. The molecule has 1 aromatic heterocycles. The number of hydrogen-bond donors (Lipinski definition) is 1. The lowest BCUT2D eigenvalue weighted by molar-refractivity contribution is 0.104. The normalized spacial score (nSPS) is 11.7. The Morgan fingerprint density at radius 3 is 2.95 bits per heavy atom. The van der Waals surface area contributed by atoms with E-state index in [1.807, 2.05) is 12.1 Å². The SMILES string of the molecule is C[C@H](Cn1ccc(-c2ccc(C#N)c(Cl)c2)n1)OC(N)=O. The van der Waals surface area contributed by atoms with Crippen LogP contribution in [-0.4, -0.2) is 22.0 Å². The van der Waals surface area contributed by atoms with E-state index in [9.17, 15) is 4.79 Å². The highest BCUT2D eigenvalue weighted by Gasteiger charge is 2.10. The molecule has 0 bridgehead atoms. The van der Waals surface area contributed by atoms with Crippen LogP contribution in [0.5, 0.6) is 0 Å².